The first-order valence-electron chi connectivity index (χ1n) is 10.5. The molecule has 32 heavy (non-hydrogen) atoms. The molecular formula is C22H27N5O3S2. The van der Waals surface area contributed by atoms with Crippen LogP contribution in [0, 0.1) is 0 Å². The van der Waals surface area contributed by atoms with Gasteiger partial charge in [-0.3, -0.25) is 9.59 Å². The van der Waals surface area contributed by atoms with Crippen LogP contribution < -0.4 is 5.32 Å². The van der Waals surface area contributed by atoms with Gasteiger partial charge in [0.1, 0.15) is 0 Å². The van der Waals surface area contributed by atoms with Crippen LogP contribution in [0.25, 0.3) is 11.4 Å². The lowest BCUT2D eigenvalue weighted by Gasteiger charge is -2.09. The summed E-state index contributed by atoms with van der Waals surface area (Å²) in [7, 11) is 0. The third-order valence-electron chi connectivity index (χ3n) is 4.63. The Bertz CT molecular complexity index is 1060. The van der Waals surface area contributed by atoms with Gasteiger partial charge >= 0.3 is 5.97 Å². The molecule has 1 amide bonds. The maximum atomic E-state index is 12.4. The first kappa shape index (κ1) is 23.9. The Balaban J connectivity index is 1.59. The van der Waals surface area contributed by atoms with Crippen molar-refractivity contribution < 1.29 is 14.3 Å². The number of rotatable bonds is 10. The third kappa shape index (κ3) is 6.17. The number of amides is 1. The molecule has 0 saturated carbocycles. The molecule has 0 atom stereocenters. The van der Waals surface area contributed by atoms with Crippen molar-refractivity contribution in [3.05, 3.63) is 40.9 Å². The summed E-state index contributed by atoms with van der Waals surface area (Å²) in [6.07, 6.45) is 0.0927. The first-order chi connectivity index (χ1) is 15.4. The lowest BCUT2D eigenvalue weighted by molar-refractivity contribution is -0.142. The largest absolute Gasteiger partial charge is 0.466 e. The topological polar surface area (TPSA) is 99.0 Å². The molecule has 1 N–H and O–H groups in total. The van der Waals surface area contributed by atoms with Crippen LogP contribution in [0.3, 0.4) is 0 Å². The molecule has 170 valence electrons. The van der Waals surface area contributed by atoms with Crippen LogP contribution in [0.5, 0.6) is 0 Å². The number of nitrogens with zero attached hydrogens (tertiary/aromatic N) is 4. The molecule has 3 rings (SSSR count). The second-order valence-corrected chi connectivity index (χ2v) is 9.09. The quantitative estimate of drug-likeness (QED) is 0.344. The van der Waals surface area contributed by atoms with Crippen LogP contribution in [-0.4, -0.2) is 44.0 Å². The van der Waals surface area contributed by atoms with Gasteiger partial charge in [-0.15, -0.1) is 21.5 Å². The molecule has 0 aliphatic rings. The Kier molecular flexibility index (Phi) is 8.40. The minimum Gasteiger partial charge on any atom is -0.466 e. The number of ether oxygens (including phenoxy) is 1. The van der Waals surface area contributed by atoms with E-state index in [0.29, 0.717) is 35.1 Å². The highest BCUT2D eigenvalue weighted by atomic mass is 32.2. The van der Waals surface area contributed by atoms with Crippen molar-refractivity contribution in [2.45, 2.75) is 51.7 Å². The average molecular weight is 474 g/mol. The molecule has 0 fully saturated rings. The van der Waals surface area contributed by atoms with Crippen LogP contribution >= 0.6 is 23.1 Å². The Morgan fingerprint density at radius 3 is 2.59 bits per heavy atom. The minimum atomic E-state index is -0.334. The number of esters is 1. The molecule has 0 saturated heterocycles. The summed E-state index contributed by atoms with van der Waals surface area (Å²) in [6.45, 7) is 9.14. The smallest absolute Gasteiger partial charge is 0.311 e. The molecule has 10 heteroatoms. The third-order valence-corrected chi connectivity index (χ3v) is 6.40. The Labute approximate surface area is 195 Å². The fraction of sp³-hybridized carbons (Fsp3) is 0.409. The average Bonchev–Trinajstić information content (AvgIpc) is 3.38. The van der Waals surface area contributed by atoms with Crippen molar-refractivity contribution in [1.82, 2.24) is 19.7 Å². The van der Waals surface area contributed by atoms with E-state index in [1.807, 2.05) is 11.5 Å². The van der Waals surface area contributed by atoms with Gasteiger partial charge in [0.15, 0.2) is 16.1 Å². The molecule has 0 aliphatic heterocycles. The zero-order valence-electron chi connectivity index (χ0n) is 18.6. The van der Waals surface area contributed by atoms with Crippen LogP contribution in [0.2, 0.25) is 0 Å². The SMILES string of the molecule is CCOC(=O)Cc1csc(NC(=O)CSc2nnc(-c3ccc(C(C)C)cc3)n2CC)n1. The zero-order valence-corrected chi connectivity index (χ0v) is 20.3. The monoisotopic (exact) mass is 473 g/mol. The number of hydrogen-bond acceptors (Lipinski definition) is 8. The van der Waals surface area contributed by atoms with Gasteiger partial charge in [0.25, 0.3) is 0 Å². The number of thiazole rings is 1. The van der Waals surface area contributed by atoms with Gasteiger partial charge in [-0.05, 0) is 25.3 Å². The summed E-state index contributed by atoms with van der Waals surface area (Å²) in [6, 6.07) is 8.34. The van der Waals surface area contributed by atoms with Gasteiger partial charge in [-0.2, -0.15) is 0 Å². The first-order valence-corrected chi connectivity index (χ1v) is 12.3. The molecule has 2 aromatic heterocycles. The van der Waals surface area contributed by atoms with Crippen molar-refractivity contribution in [3.63, 3.8) is 0 Å². The number of benzene rings is 1. The van der Waals surface area contributed by atoms with Crippen molar-refractivity contribution in [2.24, 2.45) is 0 Å². The number of nitrogens with one attached hydrogen (secondary N) is 1. The maximum absolute atomic E-state index is 12.4. The van der Waals surface area contributed by atoms with Gasteiger partial charge < -0.3 is 14.6 Å². The Morgan fingerprint density at radius 2 is 1.94 bits per heavy atom. The van der Waals surface area contributed by atoms with Crippen LogP contribution in [0.15, 0.2) is 34.8 Å². The predicted molar refractivity (Wildman–Crippen MR) is 127 cm³/mol. The summed E-state index contributed by atoms with van der Waals surface area (Å²) in [5.41, 5.74) is 2.85. The molecule has 1 aromatic carbocycles. The van der Waals surface area contributed by atoms with E-state index < -0.39 is 0 Å². The lowest BCUT2D eigenvalue weighted by Crippen LogP contribution is -2.15. The maximum Gasteiger partial charge on any atom is 0.311 e. The fourth-order valence-corrected chi connectivity index (χ4v) is 4.53. The van der Waals surface area contributed by atoms with Crippen LogP contribution in [0.1, 0.15) is 44.9 Å². The summed E-state index contributed by atoms with van der Waals surface area (Å²) in [5.74, 6) is 0.906. The molecular weight excluding hydrogens is 446 g/mol. The van der Waals surface area contributed by atoms with E-state index in [2.05, 4.69) is 58.6 Å². The highest BCUT2D eigenvalue weighted by Gasteiger charge is 2.16. The number of carbonyl (C=O) groups is 2. The van der Waals surface area contributed by atoms with E-state index >= 15 is 0 Å². The zero-order chi connectivity index (χ0) is 23.1. The van der Waals surface area contributed by atoms with E-state index in [1.165, 1.54) is 28.7 Å². The lowest BCUT2D eigenvalue weighted by atomic mass is 10.0. The van der Waals surface area contributed by atoms with E-state index in [4.69, 9.17) is 4.74 Å². The Morgan fingerprint density at radius 1 is 1.19 bits per heavy atom. The summed E-state index contributed by atoms with van der Waals surface area (Å²) in [4.78, 5) is 28.2. The molecule has 0 unspecified atom stereocenters. The van der Waals surface area contributed by atoms with E-state index in [0.717, 1.165) is 11.4 Å². The fourth-order valence-electron chi connectivity index (χ4n) is 3.00. The highest BCUT2D eigenvalue weighted by Crippen LogP contribution is 2.26. The molecule has 8 nitrogen and oxygen atoms in total. The number of anilines is 1. The molecule has 0 bridgehead atoms. The van der Waals surface area contributed by atoms with Crippen molar-refractivity contribution in [3.8, 4) is 11.4 Å². The normalized spacial score (nSPS) is 11.0. The molecule has 2 heterocycles. The van der Waals surface area contributed by atoms with Crippen molar-refractivity contribution in [1.29, 1.82) is 0 Å². The second kappa shape index (κ2) is 11.2. The summed E-state index contributed by atoms with van der Waals surface area (Å²) in [5, 5.41) is 14.3. The number of hydrogen-bond donors (Lipinski definition) is 1. The van der Waals surface area contributed by atoms with Gasteiger partial charge in [0, 0.05) is 17.5 Å². The van der Waals surface area contributed by atoms with Crippen molar-refractivity contribution in [2.75, 3.05) is 17.7 Å². The number of thioether (sulfide) groups is 1. The van der Waals surface area contributed by atoms with E-state index in [-0.39, 0.29) is 24.1 Å². The summed E-state index contributed by atoms with van der Waals surface area (Å²) < 4.78 is 6.92. The predicted octanol–water partition coefficient (Wildman–Crippen LogP) is 4.38. The molecule has 0 radical (unpaired) electrons. The molecule has 3 aromatic rings. The van der Waals surface area contributed by atoms with Gasteiger partial charge in [-0.1, -0.05) is 49.9 Å². The Hall–Kier alpha value is -2.72. The molecule has 0 aliphatic carbocycles. The number of aromatic nitrogens is 4. The van der Waals surface area contributed by atoms with Gasteiger partial charge in [0.2, 0.25) is 5.91 Å². The van der Waals surface area contributed by atoms with Gasteiger partial charge in [0.05, 0.1) is 24.5 Å². The number of carbonyl (C=O) groups excluding carboxylic acids is 2. The van der Waals surface area contributed by atoms with Crippen molar-refractivity contribution >= 4 is 40.1 Å². The van der Waals surface area contributed by atoms with E-state index in [9.17, 15) is 9.59 Å². The van der Waals surface area contributed by atoms with E-state index in [1.54, 1.807) is 12.3 Å². The second-order valence-electron chi connectivity index (χ2n) is 7.29. The minimum absolute atomic E-state index is 0.0927. The standard InChI is InChI=1S/C22H27N5O3S2/c1-5-27-20(16-9-7-15(8-10-16)14(3)4)25-26-22(27)32-13-18(28)24-21-23-17(12-31-21)11-19(29)30-6-2/h7-10,12,14H,5-6,11,13H2,1-4H3,(H,23,24,28). The highest BCUT2D eigenvalue weighted by molar-refractivity contribution is 7.99. The summed E-state index contributed by atoms with van der Waals surface area (Å²) >= 11 is 2.61. The van der Waals surface area contributed by atoms with Gasteiger partial charge in [-0.25, -0.2) is 4.98 Å². The van der Waals surface area contributed by atoms with Crippen LogP contribution in [0.4, 0.5) is 5.13 Å². The molecule has 0 spiro atoms. The van der Waals surface area contributed by atoms with Crippen LogP contribution in [-0.2, 0) is 27.3 Å².